The van der Waals surface area contributed by atoms with Crippen LogP contribution in [-0.2, 0) is 14.4 Å². The van der Waals surface area contributed by atoms with Gasteiger partial charge in [0.2, 0.25) is 0 Å². The zero-order chi connectivity index (χ0) is 18.9. The minimum Gasteiger partial charge on any atom is -0.463 e. The largest absolute Gasteiger partial charge is 0.463 e. The van der Waals surface area contributed by atoms with Gasteiger partial charge in [-0.25, -0.2) is 19.2 Å². The van der Waals surface area contributed by atoms with Crippen LogP contribution >= 0.6 is 11.8 Å². The Labute approximate surface area is 155 Å². The second-order valence-electron chi connectivity index (χ2n) is 4.87. The van der Waals surface area contributed by atoms with E-state index in [4.69, 9.17) is 9.57 Å². The van der Waals surface area contributed by atoms with Crippen molar-refractivity contribution in [2.75, 3.05) is 20.0 Å². The zero-order valence-corrected chi connectivity index (χ0v) is 15.4. The molecule has 0 fully saturated rings. The quantitative estimate of drug-likeness (QED) is 0.185. The van der Waals surface area contributed by atoms with E-state index in [9.17, 15) is 9.18 Å². The number of hydrogen-bond donors (Lipinski definition) is 0. The lowest BCUT2D eigenvalue weighted by Gasteiger charge is -2.11. The third-order valence-electron chi connectivity index (χ3n) is 3.20. The molecule has 0 spiro atoms. The molecule has 0 aliphatic heterocycles. The maximum Gasteiger partial charge on any atom is 0.331 e. The van der Waals surface area contributed by atoms with Crippen LogP contribution in [0.25, 0.3) is 5.57 Å². The van der Waals surface area contributed by atoms with Crippen molar-refractivity contribution in [2.24, 2.45) is 5.16 Å². The number of aromatic nitrogens is 2. The lowest BCUT2D eigenvalue weighted by molar-refractivity contribution is -0.137. The number of ether oxygens (including phenoxy) is 1. The van der Waals surface area contributed by atoms with Crippen LogP contribution in [0.15, 0.2) is 52.9 Å². The van der Waals surface area contributed by atoms with Crippen molar-refractivity contribution >= 4 is 29.0 Å². The summed E-state index contributed by atoms with van der Waals surface area (Å²) in [6.45, 7) is 1.95. The number of benzene rings is 1. The van der Waals surface area contributed by atoms with Crippen molar-refractivity contribution in [2.45, 2.75) is 12.1 Å². The summed E-state index contributed by atoms with van der Waals surface area (Å²) in [6, 6.07) is 7.34. The third-order valence-corrected chi connectivity index (χ3v) is 3.76. The van der Waals surface area contributed by atoms with E-state index in [1.807, 2.05) is 6.26 Å². The molecule has 1 aromatic carbocycles. The molecule has 0 aliphatic rings. The number of rotatable bonds is 7. The average Bonchev–Trinajstić information content (AvgIpc) is 2.65. The molecule has 136 valence electrons. The van der Waals surface area contributed by atoms with Crippen LogP contribution < -0.4 is 0 Å². The Balaban J connectivity index is 2.61. The van der Waals surface area contributed by atoms with Crippen molar-refractivity contribution in [1.29, 1.82) is 0 Å². The summed E-state index contributed by atoms with van der Waals surface area (Å²) in [5.74, 6) is -0.925. The first-order valence-electron chi connectivity index (χ1n) is 7.72. The average molecular weight is 375 g/mol. The SMILES string of the molecule is CCOC(=O)/C=C(/C(=N\OC)c1ccc(F)cc1)c1ccnc(SC)n1. The Bertz CT molecular complexity index is 823. The van der Waals surface area contributed by atoms with E-state index >= 15 is 0 Å². The van der Waals surface area contributed by atoms with Crippen molar-refractivity contribution < 1.29 is 18.8 Å². The van der Waals surface area contributed by atoms with Gasteiger partial charge >= 0.3 is 5.97 Å². The highest BCUT2D eigenvalue weighted by Gasteiger charge is 2.18. The van der Waals surface area contributed by atoms with Crippen LogP contribution in [0, 0.1) is 5.82 Å². The van der Waals surface area contributed by atoms with Crippen molar-refractivity contribution in [1.82, 2.24) is 9.97 Å². The van der Waals surface area contributed by atoms with Crippen LogP contribution in [-0.4, -0.2) is 41.6 Å². The molecule has 0 aliphatic carbocycles. The second-order valence-corrected chi connectivity index (χ2v) is 5.64. The van der Waals surface area contributed by atoms with E-state index < -0.39 is 5.97 Å². The molecule has 8 heteroatoms. The fourth-order valence-electron chi connectivity index (χ4n) is 2.11. The summed E-state index contributed by atoms with van der Waals surface area (Å²) in [5, 5.41) is 4.56. The van der Waals surface area contributed by atoms with Gasteiger partial charge in [0.25, 0.3) is 0 Å². The Morgan fingerprint density at radius 3 is 2.65 bits per heavy atom. The molecule has 0 saturated carbocycles. The van der Waals surface area contributed by atoms with Crippen molar-refractivity contribution in [3.05, 3.63) is 59.7 Å². The fraction of sp³-hybridized carbons (Fsp3) is 0.222. The maximum absolute atomic E-state index is 13.3. The first-order chi connectivity index (χ1) is 12.6. The zero-order valence-electron chi connectivity index (χ0n) is 14.6. The summed E-state index contributed by atoms with van der Waals surface area (Å²) >= 11 is 1.37. The number of halogens is 1. The van der Waals surface area contributed by atoms with Gasteiger partial charge in [0.05, 0.1) is 12.3 Å². The predicted molar refractivity (Wildman–Crippen MR) is 98.4 cm³/mol. The smallest absolute Gasteiger partial charge is 0.331 e. The molecule has 0 saturated heterocycles. The minimum atomic E-state index is -0.544. The molecule has 1 aromatic heterocycles. The molecule has 2 rings (SSSR count). The molecule has 0 atom stereocenters. The number of nitrogens with zero attached hydrogens (tertiary/aromatic N) is 3. The number of carbonyl (C=O) groups is 1. The minimum absolute atomic E-state index is 0.232. The normalized spacial score (nSPS) is 12.0. The van der Waals surface area contributed by atoms with Gasteiger partial charge in [-0.15, -0.1) is 0 Å². The molecule has 0 amide bonds. The topological polar surface area (TPSA) is 73.7 Å². The standard InChI is InChI=1S/C18H18FN3O3S/c1-4-25-16(23)11-14(15-9-10-20-18(21-15)26-3)17(22-24-2)12-5-7-13(19)8-6-12/h5-11H,4H2,1-3H3/b14-11+,22-17-. The van der Waals surface area contributed by atoms with E-state index in [0.717, 1.165) is 0 Å². The summed E-state index contributed by atoms with van der Waals surface area (Å²) in [4.78, 5) is 25.6. The molecular formula is C18H18FN3O3S. The predicted octanol–water partition coefficient (Wildman–Crippen LogP) is 3.33. The number of hydrogen-bond acceptors (Lipinski definition) is 7. The Kier molecular flexibility index (Phi) is 7.28. The third kappa shape index (κ3) is 5.13. The number of allylic oxidation sites excluding steroid dienone is 1. The molecule has 0 unspecified atom stereocenters. The van der Waals surface area contributed by atoms with E-state index in [-0.39, 0.29) is 12.4 Å². The first kappa shape index (κ1) is 19.6. The van der Waals surface area contributed by atoms with E-state index in [2.05, 4.69) is 15.1 Å². The highest BCUT2D eigenvalue weighted by atomic mass is 32.2. The van der Waals surface area contributed by atoms with Crippen LogP contribution in [0.5, 0.6) is 0 Å². The lowest BCUT2D eigenvalue weighted by atomic mass is 9.99. The number of carbonyl (C=O) groups excluding carboxylic acids is 1. The van der Waals surface area contributed by atoms with Crippen LogP contribution in [0.2, 0.25) is 0 Å². The van der Waals surface area contributed by atoms with Crippen LogP contribution in [0.1, 0.15) is 18.2 Å². The van der Waals surface area contributed by atoms with Gasteiger partial charge in [-0.2, -0.15) is 0 Å². The van der Waals surface area contributed by atoms with Crippen LogP contribution in [0.4, 0.5) is 4.39 Å². The van der Waals surface area contributed by atoms with Gasteiger partial charge in [0.15, 0.2) is 5.16 Å². The number of oxime groups is 1. The summed E-state index contributed by atoms with van der Waals surface area (Å²) in [7, 11) is 1.39. The van der Waals surface area contributed by atoms with Gasteiger partial charge in [0.1, 0.15) is 18.6 Å². The van der Waals surface area contributed by atoms with Gasteiger partial charge < -0.3 is 9.57 Å². The van der Waals surface area contributed by atoms with E-state index in [0.29, 0.717) is 27.7 Å². The molecule has 26 heavy (non-hydrogen) atoms. The second kappa shape index (κ2) is 9.67. The Morgan fingerprint density at radius 2 is 2.04 bits per heavy atom. The Hall–Kier alpha value is -2.74. The molecule has 0 bridgehead atoms. The van der Waals surface area contributed by atoms with Gasteiger partial charge in [-0.1, -0.05) is 16.9 Å². The highest BCUT2D eigenvalue weighted by Crippen LogP contribution is 2.22. The van der Waals surface area contributed by atoms with Crippen LogP contribution in [0.3, 0.4) is 0 Å². The molecule has 6 nitrogen and oxygen atoms in total. The van der Waals surface area contributed by atoms with Crippen molar-refractivity contribution in [3.8, 4) is 0 Å². The molecular weight excluding hydrogens is 357 g/mol. The van der Waals surface area contributed by atoms with Gasteiger partial charge in [-0.05, 0) is 43.5 Å². The molecule has 0 N–H and O–H groups in total. The summed E-state index contributed by atoms with van der Waals surface area (Å²) in [6.07, 6.45) is 4.72. The number of esters is 1. The summed E-state index contributed by atoms with van der Waals surface area (Å²) < 4.78 is 18.3. The lowest BCUT2D eigenvalue weighted by Crippen LogP contribution is -2.11. The molecule has 2 aromatic rings. The molecule has 1 heterocycles. The Morgan fingerprint density at radius 1 is 1.31 bits per heavy atom. The highest BCUT2D eigenvalue weighted by molar-refractivity contribution is 7.98. The maximum atomic E-state index is 13.3. The first-order valence-corrected chi connectivity index (χ1v) is 8.94. The monoisotopic (exact) mass is 375 g/mol. The fourth-order valence-corrected chi connectivity index (χ4v) is 2.47. The van der Waals surface area contributed by atoms with Gasteiger partial charge in [-0.3, -0.25) is 0 Å². The van der Waals surface area contributed by atoms with E-state index in [1.54, 1.807) is 31.3 Å². The number of thioether (sulfide) groups is 1. The van der Waals surface area contributed by atoms with Gasteiger partial charge in [0, 0.05) is 23.4 Å². The summed E-state index contributed by atoms with van der Waals surface area (Å²) in [5.41, 5.74) is 1.74. The van der Waals surface area contributed by atoms with Crippen molar-refractivity contribution in [3.63, 3.8) is 0 Å². The van der Waals surface area contributed by atoms with E-state index in [1.165, 1.54) is 37.1 Å². The molecule has 0 radical (unpaired) electrons.